The molecular weight excluding hydrogens is 376 g/mol. The Morgan fingerprint density at radius 3 is 2.43 bits per heavy atom. The zero-order valence-corrected chi connectivity index (χ0v) is 17.5. The molecule has 0 fully saturated rings. The maximum absolute atomic E-state index is 13.4. The Bertz CT molecular complexity index is 1020. The van der Waals surface area contributed by atoms with Gasteiger partial charge in [0, 0.05) is 41.7 Å². The monoisotopic (exact) mass is 402 g/mol. The van der Waals surface area contributed by atoms with E-state index in [0.717, 1.165) is 28.9 Å². The average Bonchev–Trinajstić information content (AvgIpc) is 2.73. The van der Waals surface area contributed by atoms with Crippen molar-refractivity contribution in [3.8, 4) is 0 Å². The van der Waals surface area contributed by atoms with E-state index in [4.69, 9.17) is 4.74 Å². The Balaban J connectivity index is 1.78. The van der Waals surface area contributed by atoms with Gasteiger partial charge >= 0.3 is 5.97 Å². The smallest absolute Gasteiger partial charge is 0.337 e. The van der Waals surface area contributed by atoms with Crippen LogP contribution >= 0.6 is 0 Å². The van der Waals surface area contributed by atoms with Crippen molar-refractivity contribution in [2.45, 2.75) is 51.6 Å². The van der Waals surface area contributed by atoms with Crippen molar-refractivity contribution in [3.63, 3.8) is 0 Å². The second kappa shape index (κ2) is 8.27. The molecule has 0 bridgehead atoms. The highest BCUT2D eigenvalue weighted by Gasteiger charge is 2.41. The van der Waals surface area contributed by atoms with E-state index in [9.17, 15) is 9.59 Å². The minimum atomic E-state index is -0.445. The van der Waals surface area contributed by atoms with Crippen LogP contribution in [0.5, 0.6) is 0 Å². The van der Waals surface area contributed by atoms with Gasteiger partial charge in [-0.15, -0.1) is 0 Å². The number of hydrogen-bond acceptors (Lipinski definition) is 5. The minimum Gasteiger partial charge on any atom is -0.460 e. The molecule has 5 heteroatoms. The lowest BCUT2D eigenvalue weighted by Gasteiger charge is -2.36. The molecule has 154 valence electrons. The van der Waals surface area contributed by atoms with Crippen molar-refractivity contribution in [1.82, 2.24) is 10.3 Å². The molecule has 4 rings (SSSR count). The van der Waals surface area contributed by atoms with Crippen molar-refractivity contribution in [3.05, 3.63) is 88.5 Å². The zero-order chi connectivity index (χ0) is 21.3. The maximum Gasteiger partial charge on any atom is 0.337 e. The first-order valence-electron chi connectivity index (χ1n) is 10.4. The number of carbonyl (C=O) groups is 2. The fourth-order valence-electron chi connectivity index (χ4n) is 4.44. The first-order chi connectivity index (χ1) is 14.5. The summed E-state index contributed by atoms with van der Waals surface area (Å²) >= 11 is 0. The number of rotatable bonds is 4. The molecule has 0 saturated carbocycles. The molecule has 2 heterocycles. The number of nitrogens with zero attached hydrogens (tertiary/aromatic N) is 1. The van der Waals surface area contributed by atoms with Crippen LogP contribution in [0.25, 0.3) is 0 Å². The van der Waals surface area contributed by atoms with E-state index in [2.05, 4.69) is 22.4 Å². The normalized spacial score (nSPS) is 21.4. The quantitative estimate of drug-likeness (QED) is 0.768. The van der Waals surface area contributed by atoms with Crippen LogP contribution in [0.3, 0.4) is 0 Å². The van der Waals surface area contributed by atoms with Crippen LogP contribution in [0.2, 0.25) is 0 Å². The second-order valence-electron chi connectivity index (χ2n) is 8.16. The van der Waals surface area contributed by atoms with Gasteiger partial charge in [-0.3, -0.25) is 9.78 Å². The Kier molecular flexibility index (Phi) is 5.53. The molecule has 0 spiro atoms. The largest absolute Gasteiger partial charge is 0.460 e. The van der Waals surface area contributed by atoms with Gasteiger partial charge in [-0.1, -0.05) is 30.3 Å². The standard InChI is InChI=1S/C25H26N2O3/c1-15(2)30-25(29)22-16(3)27-20-13-19(17-7-5-4-6-8-17)14-21(28)24(20)23(22)18-9-11-26-12-10-18/h4-12,15,19,23,27H,13-14H2,1-3H3/t19-,23+/m0/s1. The number of allylic oxidation sites excluding steroid dienone is 3. The van der Waals surface area contributed by atoms with Gasteiger partial charge in [0.25, 0.3) is 0 Å². The lowest BCUT2D eigenvalue weighted by Crippen LogP contribution is -2.36. The molecule has 0 saturated heterocycles. The minimum absolute atomic E-state index is 0.0711. The molecule has 2 atom stereocenters. The van der Waals surface area contributed by atoms with Gasteiger partial charge in [-0.25, -0.2) is 4.79 Å². The highest BCUT2D eigenvalue weighted by Crippen LogP contribution is 2.45. The summed E-state index contributed by atoms with van der Waals surface area (Å²) in [6.45, 7) is 5.53. The lowest BCUT2D eigenvalue weighted by molar-refractivity contribution is -0.143. The third-order valence-electron chi connectivity index (χ3n) is 5.70. The molecular formula is C25H26N2O3. The van der Waals surface area contributed by atoms with E-state index in [1.807, 2.05) is 51.1 Å². The van der Waals surface area contributed by atoms with Crippen LogP contribution in [0, 0.1) is 0 Å². The van der Waals surface area contributed by atoms with Gasteiger partial charge in [0.1, 0.15) is 0 Å². The highest BCUT2D eigenvalue weighted by atomic mass is 16.5. The summed E-state index contributed by atoms with van der Waals surface area (Å²) in [5, 5.41) is 3.37. The Labute approximate surface area is 176 Å². The molecule has 2 aromatic rings. The van der Waals surface area contributed by atoms with E-state index in [0.29, 0.717) is 17.6 Å². The van der Waals surface area contributed by atoms with Crippen molar-refractivity contribution in [2.24, 2.45) is 0 Å². The number of ketones is 1. The SMILES string of the molecule is CC1=C(C(=O)OC(C)C)[C@@H](c2ccncc2)C2=C(C[C@H](c3ccccc3)CC2=O)N1. The van der Waals surface area contributed by atoms with Crippen molar-refractivity contribution >= 4 is 11.8 Å². The summed E-state index contributed by atoms with van der Waals surface area (Å²) in [6.07, 6.45) is 4.31. The number of esters is 1. The molecule has 1 aliphatic heterocycles. The number of dihydropyridines is 1. The van der Waals surface area contributed by atoms with Gasteiger partial charge in [0.15, 0.2) is 5.78 Å². The lowest BCUT2D eigenvalue weighted by atomic mass is 9.72. The molecule has 0 unspecified atom stereocenters. The number of hydrogen-bond donors (Lipinski definition) is 1. The molecule has 30 heavy (non-hydrogen) atoms. The van der Waals surface area contributed by atoms with Gasteiger partial charge < -0.3 is 10.1 Å². The summed E-state index contributed by atoms with van der Waals surface area (Å²) in [4.78, 5) is 30.5. The first-order valence-corrected chi connectivity index (χ1v) is 10.4. The van der Waals surface area contributed by atoms with E-state index in [1.165, 1.54) is 0 Å². The fourth-order valence-corrected chi connectivity index (χ4v) is 4.44. The maximum atomic E-state index is 13.4. The summed E-state index contributed by atoms with van der Waals surface area (Å²) < 4.78 is 5.53. The molecule has 5 nitrogen and oxygen atoms in total. The van der Waals surface area contributed by atoms with Crippen LogP contribution < -0.4 is 5.32 Å². The van der Waals surface area contributed by atoms with Crippen LogP contribution in [-0.4, -0.2) is 22.8 Å². The van der Waals surface area contributed by atoms with Crippen LogP contribution in [0.1, 0.15) is 56.6 Å². The molecule has 1 aromatic heterocycles. The van der Waals surface area contributed by atoms with Gasteiger partial charge in [-0.2, -0.15) is 0 Å². The predicted octanol–water partition coefficient (Wildman–Crippen LogP) is 4.39. The van der Waals surface area contributed by atoms with E-state index in [-0.39, 0.29) is 23.8 Å². The zero-order valence-electron chi connectivity index (χ0n) is 17.5. The topological polar surface area (TPSA) is 68.3 Å². The first kappa shape index (κ1) is 20.1. The fraction of sp³-hybridized carbons (Fsp3) is 0.320. The number of benzene rings is 1. The third-order valence-corrected chi connectivity index (χ3v) is 5.70. The van der Waals surface area contributed by atoms with Crippen LogP contribution in [0.15, 0.2) is 77.4 Å². The highest BCUT2D eigenvalue weighted by molar-refractivity contribution is 6.04. The van der Waals surface area contributed by atoms with Crippen LogP contribution in [-0.2, 0) is 14.3 Å². The van der Waals surface area contributed by atoms with Crippen molar-refractivity contribution < 1.29 is 14.3 Å². The number of ether oxygens (including phenoxy) is 1. The summed E-state index contributed by atoms with van der Waals surface area (Å²) in [5.74, 6) is -0.636. The Morgan fingerprint density at radius 1 is 1.07 bits per heavy atom. The average molecular weight is 402 g/mol. The molecule has 2 aliphatic rings. The summed E-state index contributed by atoms with van der Waals surface area (Å²) in [7, 11) is 0. The molecule has 1 aromatic carbocycles. The Morgan fingerprint density at radius 2 is 1.77 bits per heavy atom. The van der Waals surface area contributed by atoms with Gasteiger partial charge in [-0.05, 0) is 56.4 Å². The van der Waals surface area contributed by atoms with E-state index < -0.39 is 5.92 Å². The third kappa shape index (κ3) is 3.80. The number of Topliss-reactive ketones (excluding diaryl/α,β-unsaturated/α-hetero) is 1. The molecule has 1 aliphatic carbocycles. The van der Waals surface area contributed by atoms with E-state index in [1.54, 1.807) is 12.4 Å². The second-order valence-corrected chi connectivity index (χ2v) is 8.16. The summed E-state index contributed by atoms with van der Waals surface area (Å²) in [6, 6.07) is 13.9. The van der Waals surface area contributed by atoms with E-state index >= 15 is 0 Å². The van der Waals surface area contributed by atoms with Crippen molar-refractivity contribution in [2.75, 3.05) is 0 Å². The summed E-state index contributed by atoms with van der Waals surface area (Å²) in [5.41, 5.74) is 4.85. The predicted molar refractivity (Wildman–Crippen MR) is 114 cm³/mol. The van der Waals surface area contributed by atoms with Gasteiger partial charge in [0.05, 0.1) is 11.7 Å². The van der Waals surface area contributed by atoms with Crippen molar-refractivity contribution in [1.29, 1.82) is 0 Å². The molecule has 1 N–H and O–H groups in total. The molecule has 0 amide bonds. The number of pyridine rings is 1. The molecule has 0 radical (unpaired) electrons. The Hall–Kier alpha value is -3.21. The number of carbonyl (C=O) groups excluding carboxylic acids is 2. The van der Waals surface area contributed by atoms with Gasteiger partial charge in [0.2, 0.25) is 0 Å². The number of aromatic nitrogens is 1. The van der Waals surface area contributed by atoms with Crippen LogP contribution in [0.4, 0.5) is 0 Å². The number of nitrogens with one attached hydrogen (secondary N) is 1.